The SMILES string of the molecule is CCNC(CSc1cccc(F)c1)c1cncc(OC)c1. The second kappa shape index (κ2) is 8.00. The Balaban J connectivity index is 2.07. The van der Waals surface area contributed by atoms with Gasteiger partial charge in [-0.05, 0) is 36.4 Å². The summed E-state index contributed by atoms with van der Waals surface area (Å²) in [6, 6.07) is 8.78. The zero-order valence-electron chi connectivity index (χ0n) is 12.2. The van der Waals surface area contributed by atoms with E-state index in [1.54, 1.807) is 37.2 Å². The smallest absolute Gasteiger partial charge is 0.137 e. The van der Waals surface area contributed by atoms with Crippen LogP contribution in [-0.4, -0.2) is 24.4 Å². The maximum absolute atomic E-state index is 13.2. The lowest BCUT2D eigenvalue weighted by Crippen LogP contribution is -2.23. The number of rotatable bonds is 7. The third-order valence-corrected chi connectivity index (χ3v) is 4.12. The average Bonchev–Trinajstić information content (AvgIpc) is 2.51. The average molecular weight is 306 g/mol. The van der Waals surface area contributed by atoms with E-state index in [1.807, 2.05) is 18.3 Å². The zero-order chi connectivity index (χ0) is 15.1. The molecule has 1 N–H and O–H groups in total. The molecule has 2 rings (SSSR count). The van der Waals surface area contributed by atoms with Crippen molar-refractivity contribution in [3.05, 3.63) is 54.1 Å². The van der Waals surface area contributed by atoms with Gasteiger partial charge in [0, 0.05) is 22.9 Å². The first-order valence-electron chi connectivity index (χ1n) is 6.83. The number of thioether (sulfide) groups is 1. The van der Waals surface area contributed by atoms with Gasteiger partial charge in [-0.2, -0.15) is 0 Å². The van der Waals surface area contributed by atoms with Gasteiger partial charge in [0.05, 0.1) is 13.3 Å². The number of aromatic nitrogens is 1. The van der Waals surface area contributed by atoms with Crippen molar-refractivity contribution in [2.45, 2.75) is 17.9 Å². The standard InChI is InChI=1S/C16H19FN2OS/c1-3-19-16(12-7-14(20-2)10-18-9-12)11-21-15-6-4-5-13(17)8-15/h4-10,16,19H,3,11H2,1-2H3. The second-order valence-corrected chi connectivity index (χ2v) is 5.63. The summed E-state index contributed by atoms with van der Waals surface area (Å²) >= 11 is 1.62. The third-order valence-electron chi connectivity index (χ3n) is 3.04. The summed E-state index contributed by atoms with van der Waals surface area (Å²) in [7, 11) is 1.63. The largest absolute Gasteiger partial charge is 0.495 e. The monoisotopic (exact) mass is 306 g/mol. The molecule has 0 aliphatic rings. The topological polar surface area (TPSA) is 34.2 Å². The first kappa shape index (κ1) is 15.8. The van der Waals surface area contributed by atoms with E-state index in [-0.39, 0.29) is 11.9 Å². The summed E-state index contributed by atoms with van der Waals surface area (Å²) in [5.74, 6) is 1.33. The Kier molecular flexibility index (Phi) is 6.02. The summed E-state index contributed by atoms with van der Waals surface area (Å²) in [6.07, 6.45) is 3.52. The van der Waals surface area contributed by atoms with E-state index in [0.717, 1.165) is 28.5 Å². The van der Waals surface area contributed by atoms with E-state index < -0.39 is 0 Å². The van der Waals surface area contributed by atoms with Crippen molar-refractivity contribution in [1.82, 2.24) is 10.3 Å². The number of benzene rings is 1. The van der Waals surface area contributed by atoms with E-state index in [9.17, 15) is 4.39 Å². The molecule has 0 fully saturated rings. The van der Waals surface area contributed by atoms with Crippen molar-refractivity contribution in [3.63, 3.8) is 0 Å². The molecule has 112 valence electrons. The van der Waals surface area contributed by atoms with Crippen LogP contribution in [0.4, 0.5) is 4.39 Å². The molecule has 3 nitrogen and oxygen atoms in total. The van der Waals surface area contributed by atoms with E-state index in [4.69, 9.17) is 4.74 Å². The minimum Gasteiger partial charge on any atom is -0.495 e. The van der Waals surface area contributed by atoms with Gasteiger partial charge in [0.25, 0.3) is 0 Å². The quantitative estimate of drug-likeness (QED) is 0.791. The van der Waals surface area contributed by atoms with E-state index in [1.165, 1.54) is 6.07 Å². The van der Waals surface area contributed by atoms with Crippen LogP contribution in [-0.2, 0) is 0 Å². The maximum Gasteiger partial charge on any atom is 0.137 e. The van der Waals surface area contributed by atoms with E-state index in [2.05, 4.69) is 17.2 Å². The van der Waals surface area contributed by atoms with Gasteiger partial charge in [0.15, 0.2) is 0 Å². The summed E-state index contributed by atoms with van der Waals surface area (Å²) in [5, 5.41) is 3.42. The fourth-order valence-electron chi connectivity index (χ4n) is 1.99. The summed E-state index contributed by atoms with van der Waals surface area (Å²) in [6.45, 7) is 2.92. The minimum absolute atomic E-state index is 0.144. The molecule has 0 aliphatic carbocycles. The molecule has 0 saturated heterocycles. The number of pyridine rings is 1. The predicted octanol–water partition coefficient (Wildman–Crippen LogP) is 3.67. The first-order chi connectivity index (χ1) is 10.2. The molecule has 2 aromatic rings. The highest BCUT2D eigenvalue weighted by atomic mass is 32.2. The Morgan fingerprint density at radius 2 is 2.19 bits per heavy atom. The number of halogens is 1. The molecule has 0 radical (unpaired) electrons. The Labute approximate surface area is 128 Å². The molecule has 0 saturated carbocycles. The van der Waals surface area contributed by atoms with Crippen LogP contribution in [0.15, 0.2) is 47.6 Å². The summed E-state index contributed by atoms with van der Waals surface area (Å²) < 4.78 is 18.4. The lowest BCUT2D eigenvalue weighted by atomic mass is 10.1. The fourth-order valence-corrected chi connectivity index (χ4v) is 3.03. The van der Waals surface area contributed by atoms with Crippen molar-refractivity contribution >= 4 is 11.8 Å². The van der Waals surface area contributed by atoms with Gasteiger partial charge in [-0.15, -0.1) is 11.8 Å². The van der Waals surface area contributed by atoms with Crippen LogP contribution in [0.2, 0.25) is 0 Å². The highest BCUT2D eigenvalue weighted by molar-refractivity contribution is 7.99. The van der Waals surface area contributed by atoms with Gasteiger partial charge in [0.2, 0.25) is 0 Å². The van der Waals surface area contributed by atoms with Crippen LogP contribution in [0.5, 0.6) is 5.75 Å². The molecule has 0 amide bonds. The van der Waals surface area contributed by atoms with E-state index >= 15 is 0 Å². The van der Waals surface area contributed by atoms with Gasteiger partial charge in [-0.1, -0.05) is 13.0 Å². The van der Waals surface area contributed by atoms with Gasteiger partial charge in [-0.3, -0.25) is 4.98 Å². The molecule has 0 aliphatic heterocycles. The number of nitrogens with one attached hydrogen (secondary N) is 1. The van der Waals surface area contributed by atoms with Crippen LogP contribution < -0.4 is 10.1 Å². The molecule has 1 atom stereocenters. The molecule has 1 aromatic heterocycles. The van der Waals surface area contributed by atoms with Gasteiger partial charge < -0.3 is 10.1 Å². The molecule has 21 heavy (non-hydrogen) atoms. The molecule has 1 heterocycles. The molecule has 5 heteroatoms. The third kappa shape index (κ3) is 4.72. The van der Waals surface area contributed by atoms with Crippen molar-refractivity contribution in [1.29, 1.82) is 0 Å². The highest BCUT2D eigenvalue weighted by Crippen LogP contribution is 2.26. The highest BCUT2D eigenvalue weighted by Gasteiger charge is 2.12. The summed E-state index contributed by atoms with van der Waals surface area (Å²) in [5.41, 5.74) is 1.07. The van der Waals surface area contributed by atoms with Crippen LogP contribution in [0.25, 0.3) is 0 Å². The van der Waals surface area contributed by atoms with Gasteiger partial charge in [0.1, 0.15) is 11.6 Å². The van der Waals surface area contributed by atoms with Gasteiger partial charge in [-0.25, -0.2) is 4.39 Å². The normalized spacial score (nSPS) is 12.1. The molecule has 1 aromatic carbocycles. The Bertz CT molecular complexity index is 580. The van der Waals surface area contributed by atoms with Crippen LogP contribution in [0.3, 0.4) is 0 Å². The molecule has 1 unspecified atom stereocenters. The zero-order valence-corrected chi connectivity index (χ0v) is 13.0. The first-order valence-corrected chi connectivity index (χ1v) is 7.82. The molecular weight excluding hydrogens is 287 g/mol. The molecule has 0 bridgehead atoms. The van der Waals surface area contributed by atoms with Gasteiger partial charge >= 0.3 is 0 Å². The number of hydrogen-bond donors (Lipinski definition) is 1. The van der Waals surface area contributed by atoms with E-state index in [0.29, 0.717) is 0 Å². The van der Waals surface area contributed by atoms with Crippen molar-refractivity contribution < 1.29 is 9.13 Å². The summed E-state index contributed by atoms with van der Waals surface area (Å²) in [4.78, 5) is 5.12. The Morgan fingerprint density at radius 1 is 1.33 bits per heavy atom. The van der Waals surface area contributed by atoms with Crippen LogP contribution in [0.1, 0.15) is 18.5 Å². The van der Waals surface area contributed by atoms with Crippen molar-refractivity contribution in [2.75, 3.05) is 19.4 Å². The number of ether oxygens (including phenoxy) is 1. The fraction of sp³-hybridized carbons (Fsp3) is 0.312. The second-order valence-electron chi connectivity index (χ2n) is 4.54. The lowest BCUT2D eigenvalue weighted by molar-refractivity contribution is 0.411. The minimum atomic E-state index is -0.206. The predicted molar refractivity (Wildman–Crippen MR) is 84.3 cm³/mol. The number of hydrogen-bond acceptors (Lipinski definition) is 4. The van der Waals surface area contributed by atoms with Crippen molar-refractivity contribution in [3.8, 4) is 5.75 Å². The molecule has 0 spiro atoms. The number of nitrogens with zero attached hydrogens (tertiary/aromatic N) is 1. The Hall–Kier alpha value is -1.59. The molecular formula is C16H19FN2OS. The number of methoxy groups -OCH3 is 1. The Morgan fingerprint density at radius 3 is 2.90 bits per heavy atom. The maximum atomic E-state index is 13.2. The van der Waals surface area contributed by atoms with Crippen LogP contribution >= 0.6 is 11.8 Å². The van der Waals surface area contributed by atoms with Crippen LogP contribution in [0, 0.1) is 5.82 Å². The lowest BCUT2D eigenvalue weighted by Gasteiger charge is -2.18. The van der Waals surface area contributed by atoms with Crippen molar-refractivity contribution in [2.24, 2.45) is 0 Å².